The van der Waals surface area contributed by atoms with Crippen molar-refractivity contribution in [1.82, 2.24) is 10.2 Å². The average Bonchev–Trinajstić information content (AvgIpc) is 2.76. The van der Waals surface area contributed by atoms with E-state index in [9.17, 15) is 9.18 Å². The maximum atomic E-state index is 13.0. The highest BCUT2D eigenvalue weighted by atomic mass is 19.1. The number of carbonyl (C=O) groups is 1. The summed E-state index contributed by atoms with van der Waals surface area (Å²) >= 11 is 0. The Morgan fingerprint density at radius 1 is 1.47 bits per heavy atom. The SMILES string of the molecule is C=NC(=O)c1cc(Cc2cccc(F)c2)[nH]n1. The number of hydrogen-bond donors (Lipinski definition) is 1. The summed E-state index contributed by atoms with van der Waals surface area (Å²) in [6.07, 6.45) is 0.481. The van der Waals surface area contributed by atoms with Crippen LogP contribution in [0.15, 0.2) is 35.3 Å². The van der Waals surface area contributed by atoms with Crippen LogP contribution in [0, 0.1) is 5.82 Å². The van der Waals surface area contributed by atoms with Gasteiger partial charge in [0.05, 0.1) is 0 Å². The van der Waals surface area contributed by atoms with Gasteiger partial charge in [0.25, 0.3) is 5.91 Å². The number of halogens is 1. The lowest BCUT2D eigenvalue weighted by atomic mass is 10.1. The second-order valence-electron chi connectivity index (χ2n) is 3.55. The molecule has 1 aromatic carbocycles. The van der Waals surface area contributed by atoms with Crippen molar-refractivity contribution >= 4 is 12.6 Å². The number of benzene rings is 1. The van der Waals surface area contributed by atoms with Crippen molar-refractivity contribution in [3.05, 3.63) is 53.1 Å². The standard InChI is InChI=1S/C12H10FN3O/c1-14-12(17)11-7-10(15-16-11)6-8-3-2-4-9(13)5-8/h2-5,7H,1,6H2,(H,15,16). The van der Waals surface area contributed by atoms with Crippen LogP contribution in [0.25, 0.3) is 0 Å². The Bertz CT molecular complexity index is 562. The molecule has 0 saturated heterocycles. The Balaban J connectivity index is 2.17. The zero-order valence-corrected chi connectivity index (χ0v) is 8.98. The minimum Gasteiger partial charge on any atom is -0.281 e. The predicted molar refractivity (Wildman–Crippen MR) is 61.7 cm³/mol. The minimum absolute atomic E-state index is 0.214. The van der Waals surface area contributed by atoms with E-state index in [0.717, 1.165) is 11.3 Å². The summed E-state index contributed by atoms with van der Waals surface area (Å²) in [4.78, 5) is 14.4. The molecule has 86 valence electrons. The minimum atomic E-state index is -0.480. The van der Waals surface area contributed by atoms with Crippen molar-refractivity contribution < 1.29 is 9.18 Å². The van der Waals surface area contributed by atoms with Gasteiger partial charge >= 0.3 is 0 Å². The van der Waals surface area contributed by atoms with Gasteiger partial charge < -0.3 is 0 Å². The van der Waals surface area contributed by atoms with Gasteiger partial charge in [-0.3, -0.25) is 9.89 Å². The lowest BCUT2D eigenvalue weighted by Gasteiger charge is -1.97. The molecule has 4 nitrogen and oxygen atoms in total. The first-order valence-electron chi connectivity index (χ1n) is 4.99. The van der Waals surface area contributed by atoms with Crippen molar-refractivity contribution in [3.8, 4) is 0 Å². The Kier molecular flexibility index (Phi) is 3.09. The van der Waals surface area contributed by atoms with Gasteiger partial charge in [-0.05, 0) is 30.5 Å². The molecular formula is C12H10FN3O. The second kappa shape index (κ2) is 4.69. The molecule has 0 aliphatic heterocycles. The van der Waals surface area contributed by atoms with Gasteiger partial charge in [-0.25, -0.2) is 9.38 Å². The highest BCUT2D eigenvalue weighted by Gasteiger charge is 2.08. The molecule has 5 heteroatoms. The fraction of sp³-hybridized carbons (Fsp3) is 0.0833. The maximum Gasteiger partial charge on any atom is 0.296 e. The lowest BCUT2D eigenvalue weighted by molar-refractivity contribution is 0.0999. The average molecular weight is 231 g/mol. The number of nitrogens with zero attached hydrogens (tertiary/aromatic N) is 2. The molecule has 2 aromatic rings. The first-order chi connectivity index (χ1) is 8.19. The summed E-state index contributed by atoms with van der Waals surface area (Å²) < 4.78 is 13.0. The lowest BCUT2D eigenvalue weighted by Crippen LogP contribution is -1.93. The van der Waals surface area contributed by atoms with E-state index in [4.69, 9.17) is 0 Å². The van der Waals surface area contributed by atoms with Gasteiger partial charge in [0.1, 0.15) is 5.82 Å². The van der Waals surface area contributed by atoms with Crippen LogP contribution < -0.4 is 0 Å². The third kappa shape index (κ3) is 2.63. The zero-order valence-electron chi connectivity index (χ0n) is 8.98. The molecule has 0 aliphatic rings. The molecule has 0 fully saturated rings. The van der Waals surface area contributed by atoms with Gasteiger partial charge in [0.2, 0.25) is 0 Å². The zero-order chi connectivity index (χ0) is 12.3. The van der Waals surface area contributed by atoms with Crippen LogP contribution in [0.1, 0.15) is 21.7 Å². The van der Waals surface area contributed by atoms with Crippen LogP contribution in [0.3, 0.4) is 0 Å². The normalized spacial score (nSPS) is 10.2. The first kappa shape index (κ1) is 11.2. The Morgan fingerprint density at radius 3 is 3.00 bits per heavy atom. The molecule has 1 aromatic heterocycles. The quantitative estimate of drug-likeness (QED) is 0.821. The van der Waals surface area contributed by atoms with Gasteiger partial charge in [0.15, 0.2) is 5.69 Å². The molecule has 0 saturated carbocycles. The number of aromatic nitrogens is 2. The highest BCUT2D eigenvalue weighted by molar-refractivity contribution is 5.95. The van der Waals surface area contributed by atoms with Gasteiger partial charge in [0, 0.05) is 12.1 Å². The van der Waals surface area contributed by atoms with Crippen molar-refractivity contribution in [2.45, 2.75) is 6.42 Å². The van der Waals surface area contributed by atoms with E-state index in [1.54, 1.807) is 18.2 Å². The highest BCUT2D eigenvalue weighted by Crippen LogP contribution is 2.10. The van der Waals surface area contributed by atoms with Gasteiger partial charge in [-0.1, -0.05) is 12.1 Å². The fourth-order valence-corrected chi connectivity index (χ4v) is 1.51. The number of rotatable bonds is 3. The summed E-state index contributed by atoms with van der Waals surface area (Å²) in [6, 6.07) is 7.85. The van der Waals surface area contributed by atoms with Crippen molar-refractivity contribution in [2.24, 2.45) is 4.99 Å². The molecule has 1 heterocycles. The third-order valence-corrected chi connectivity index (χ3v) is 2.28. The van der Waals surface area contributed by atoms with Crippen LogP contribution in [0.4, 0.5) is 4.39 Å². The second-order valence-corrected chi connectivity index (χ2v) is 3.55. The van der Waals surface area contributed by atoms with Crippen LogP contribution in [0.5, 0.6) is 0 Å². The number of H-pyrrole nitrogens is 1. The summed E-state index contributed by atoms with van der Waals surface area (Å²) in [5.41, 5.74) is 1.74. The first-order valence-corrected chi connectivity index (χ1v) is 4.99. The maximum absolute atomic E-state index is 13.0. The number of nitrogens with one attached hydrogen (secondary N) is 1. The van der Waals surface area contributed by atoms with Crippen molar-refractivity contribution in [2.75, 3.05) is 0 Å². The Hall–Kier alpha value is -2.30. The molecule has 1 amide bonds. The molecule has 17 heavy (non-hydrogen) atoms. The van der Waals surface area contributed by atoms with E-state index in [1.807, 2.05) is 0 Å². The monoisotopic (exact) mass is 231 g/mol. The van der Waals surface area contributed by atoms with E-state index in [1.165, 1.54) is 12.1 Å². The molecule has 2 rings (SSSR count). The molecule has 0 bridgehead atoms. The molecule has 0 unspecified atom stereocenters. The summed E-state index contributed by atoms with van der Waals surface area (Å²) in [5.74, 6) is -0.766. The Morgan fingerprint density at radius 2 is 2.29 bits per heavy atom. The predicted octanol–water partition coefficient (Wildman–Crippen LogP) is 1.98. The molecule has 0 aliphatic carbocycles. The van der Waals surface area contributed by atoms with Crippen molar-refractivity contribution in [1.29, 1.82) is 0 Å². The molecule has 0 atom stereocenters. The van der Waals surface area contributed by atoms with E-state index in [0.29, 0.717) is 6.42 Å². The number of amides is 1. The molecule has 1 N–H and O–H groups in total. The van der Waals surface area contributed by atoms with Crippen LogP contribution in [-0.4, -0.2) is 22.8 Å². The Labute approximate surface area is 97.2 Å². The van der Waals surface area contributed by atoms with E-state index in [-0.39, 0.29) is 11.5 Å². The van der Waals surface area contributed by atoms with E-state index in [2.05, 4.69) is 21.9 Å². The fourth-order valence-electron chi connectivity index (χ4n) is 1.51. The summed E-state index contributed by atoms with van der Waals surface area (Å²) in [7, 11) is 0. The molecular weight excluding hydrogens is 221 g/mol. The largest absolute Gasteiger partial charge is 0.296 e. The van der Waals surface area contributed by atoms with E-state index >= 15 is 0 Å². The number of carbonyl (C=O) groups excluding carboxylic acids is 1. The molecule has 0 radical (unpaired) electrons. The summed E-state index contributed by atoms with van der Waals surface area (Å²) in [6.45, 7) is 3.14. The summed E-state index contributed by atoms with van der Waals surface area (Å²) in [5, 5.41) is 6.51. The smallest absolute Gasteiger partial charge is 0.281 e. The topological polar surface area (TPSA) is 58.1 Å². The number of aliphatic imine (C=N–C) groups is 1. The number of aromatic amines is 1. The van der Waals surface area contributed by atoms with Gasteiger partial charge in [-0.15, -0.1) is 0 Å². The van der Waals surface area contributed by atoms with Crippen LogP contribution >= 0.6 is 0 Å². The molecule has 0 spiro atoms. The third-order valence-electron chi connectivity index (χ3n) is 2.28. The number of hydrogen-bond acceptors (Lipinski definition) is 2. The van der Waals surface area contributed by atoms with Crippen molar-refractivity contribution in [3.63, 3.8) is 0 Å². The van der Waals surface area contributed by atoms with E-state index < -0.39 is 5.91 Å². The van der Waals surface area contributed by atoms with Crippen LogP contribution in [0.2, 0.25) is 0 Å². The van der Waals surface area contributed by atoms with Crippen LogP contribution in [-0.2, 0) is 6.42 Å². The van der Waals surface area contributed by atoms with Gasteiger partial charge in [-0.2, -0.15) is 5.10 Å².